The second-order valence-electron chi connectivity index (χ2n) is 6.59. The molecule has 0 aliphatic heterocycles. The Morgan fingerprint density at radius 1 is 1.17 bits per heavy atom. The van der Waals surface area contributed by atoms with Crippen LogP contribution in [-0.2, 0) is 27.8 Å². The van der Waals surface area contributed by atoms with Crippen LogP contribution >= 0.6 is 11.8 Å². The number of thioether (sulfide) groups is 1. The lowest BCUT2D eigenvalue weighted by molar-refractivity contribution is -0.142. The van der Waals surface area contributed by atoms with Gasteiger partial charge in [-0.1, -0.05) is 54.2 Å². The SMILES string of the molecule is CCOC(=O)Cc1nnc(SCC(=O)N[C@H](C)c2cccc3ccccc23)n1C. The van der Waals surface area contributed by atoms with Gasteiger partial charge in [-0.15, -0.1) is 10.2 Å². The van der Waals surface area contributed by atoms with Crippen molar-refractivity contribution in [3.8, 4) is 0 Å². The molecule has 0 unspecified atom stereocenters. The molecule has 1 heterocycles. The van der Waals surface area contributed by atoms with E-state index in [0.717, 1.165) is 16.3 Å². The highest BCUT2D eigenvalue weighted by Crippen LogP contribution is 2.24. The first kappa shape index (κ1) is 20.9. The zero-order valence-corrected chi connectivity index (χ0v) is 17.5. The third-order valence-electron chi connectivity index (χ3n) is 4.53. The fourth-order valence-corrected chi connectivity index (χ4v) is 3.83. The van der Waals surface area contributed by atoms with E-state index < -0.39 is 0 Å². The van der Waals surface area contributed by atoms with E-state index in [4.69, 9.17) is 4.74 Å². The summed E-state index contributed by atoms with van der Waals surface area (Å²) < 4.78 is 6.64. The van der Waals surface area contributed by atoms with E-state index in [1.54, 1.807) is 18.5 Å². The van der Waals surface area contributed by atoms with Gasteiger partial charge in [0.1, 0.15) is 12.2 Å². The van der Waals surface area contributed by atoms with E-state index in [2.05, 4.69) is 33.7 Å². The predicted molar refractivity (Wildman–Crippen MR) is 113 cm³/mol. The number of benzene rings is 2. The quantitative estimate of drug-likeness (QED) is 0.452. The number of hydrogen-bond donors (Lipinski definition) is 1. The van der Waals surface area contributed by atoms with Gasteiger partial charge in [0, 0.05) is 7.05 Å². The molecule has 0 bridgehead atoms. The largest absolute Gasteiger partial charge is 0.466 e. The molecule has 3 aromatic rings. The van der Waals surface area contributed by atoms with Gasteiger partial charge in [0.05, 0.1) is 18.4 Å². The first-order valence-corrected chi connectivity index (χ1v) is 10.4. The smallest absolute Gasteiger partial charge is 0.313 e. The molecular weight excluding hydrogens is 388 g/mol. The summed E-state index contributed by atoms with van der Waals surface area (Å²) in [6.07, 6.45) is 0.0577. The molecule has 1 amide bonds. The minimum Gasteiger partial charge on any atom is -0.466 e. The Morgan fingerprint density at radius 3 is 2.72 bits per heavy atom. The standard InChI is InChI=1S/C21H24N4O3S/c1-4-28-20(27)12-18-23-24-21(25(18)3)29-13-19(26)22-14(2)16-11-7-9-15-8-5-6-10-17(15)16/h5-11,14H,4,12-13H2,1-3H3,(H,22,26)/t14-/m1/s1. The Kier molecular flexibility index (Phi) is 6.87. The van der Waals surface area contributed by atoms with Crippen LogP contribution in [0.3, 0.4) is 0 Å². The van der Waals surface area contributed by atoms with Gasteiger partial charge in [-0.2, -0.15) is 0 Å². The number of carbonyl (C=O) groups is 2. The van der Waals surface area contributed by atoms with Crippen LogP contribution in [0.4, 0.5) is 0 Å². The summed E-state index contributed by atoms with van der Waals surface area (Å²) in [5.41, 5.74) is 1.08. The van der Waals surface area contributed by atoms with Gasteiger partial charge in [-0.25, -0.2) is 0 Å². The van der Waals surface area contributed by atoms with Crippen LogP contribution in [0.5, 0.6) is 0 Å². The maximum atomic E-state index is 12.5. The topological polar surface area (TPSA) is 86.1 Å². The Bertz CT molecular complexity index is 1010. The Hall–Kier alpha value is -2.87. The molecule has 29 heavy (non-hydrogen) atoms. The number of amides is 1. The van der Waals surface area contributed by atoms with Crippen LogP contribution < -0.4 is 5.32 Å². The van der Waals surface area contributed by atoms with Crippen LogP contribution in [0.2, 0.25) is 0 Å². The average Bonchev–Trinajstić information content (AvgIpc) is 3.05. The summed E-state index contributed by atoms with van der Waals surface area (Å²) in [4.78, 5) is 24.1. The van der Waals surface area contributed by atoms with Gasteiger partial charge < -0.3 is 14.6 Å². The zero-order valence-electron chi connectivity index (χ0n) is 16.7. The monoisotopic (exact) mass is 412 g/mol. The van der Waals surface area contributed by atoms with Gasteiger partial charge in [0.15, 0.2) is 5.16 Å². The van der Waals surface area contributed by atoms with E-state index in [1.807, 2.05) is 31.2 Å². The van der Waals surface area contributed by atoms with Crippen LogP contribution in [0, 0.1) is 0 Å². The molecule has 0 aliphatic carbocycles. The van der Waals surface area contributed by atoms with Crippen LogP contribution in [0.25, 0.3) is 10.8 Å². The van der Waals surface area contributed by atoms with Gasteiger partial charge in [0.25, 0.3) is 0 Å². The molecule has 0 radical (unpaired) electrons. The van der Waals surface area contributed by atoms with Gasteiger partial charge in [0.2, 0.25) is 5.91 Å². The van der Waals surface area contributed by atoms with Crippen LogP contribution in [-0.4, -0.2) is 39.0 Å². The molecule has 1 atom stereocenters. The maximum absolute atomic E-state index is 12.5. The molecule has 1 aromatic heterocycles. The summed E-state index contributed by atoms with van der Waals surface area (Å²) >= 11 is 1.28. The molecule has 0 aliphatic rings. The Labute approximate surface area is 173 Å². The van der Waals surface area contributed by atoms with Crippen molar-refractivity contribution in [1.29, 1.82) is 0 Å². The normalized spacial score (nSPS) is 12.0. The minimum atomic E-state index is -0.346. The molecular formula is C21H24N4O3S. The van der Waals surface area contributed by atoms with Crippen molar-refractivity contribution in [2.24, 2.45) is 7.05 Å². The van der Waals surface area contributed by atoms with Crippen LogP contribution in [0.1, 0.15) is 31.3 Å². The number of carbonyl (C=O) groups excluding carboxylic acids is 2. The first-order valence-electron chi connectivity index (χ1n) is 9.43. The van der Waals surface area contributed by atoms with Gasteiger partial charge in [-0.3, -0.25) is 9.59 Å². The number of esters is 1. The fourth-order valence-electron chi connectivity index (χ4n) is 3.08. The fraction of sp³-hybridized carbons (Fsp3) is 0.333. The third-order valence-corrected chi connectivity index (χ3v) is 5.55. The Morgan fingerprint density at radius 2 is 1.93 bits per heavy atom. The number of ether oxygens (including phenoxy) is 1. The summed E-state index contributed by atoms with van der Waals surface area (Å²) in [6.45, 7) is 4.06. The highest BCUT2D eigenvalue weighted by atomic mass is 32.2. The van der Waals surface area contributed by atoms with E-state index >= 15 is 0 Å². The summed E-state index contributed by atoms with van der Waals surface area (Å²) in [5.74, 6) is 0.280. The van der Waals surface area contributed by atoms with Crippen molar-refractivity contribution in [3.05, 3.63) is 53.9 Å². The molecule has 3 rings (SSSR count). The van der Waals surface area contributed by atoms with Crippen molar-refractivity contribution in [2.45, 2.75) is 31.5 Å². The zero-order chi connectivity index (χ0) is 20.8. The van der Waals surface area contributed by atoms with Gasteiger partial charge in [-0.05, 0) is 30.2 Å². The number of fused-ring (bicyclic) bond motifs is 1. The molecule has 8 heteroatoms. The second-order valence-corrected chi connectivity index (χ2v) is 7.53. The molecule has 0 fully saturated rings. The first-order chi connectivity index (χ1) is 14.0. The van der Waals surface area contributed by atoms with E-state index in [9.17, 15) is 9.59 Å². The van der Waals surface area contributed by atoms with Crippen molar-refractivity contribution in [1.82, 2.24) is 20.1 Å². The van der Waals surface area contributed by atoms with Gasteiger partial charge >= 0.3 is 5.97 Å². The van der Waals surface area contributed by atoms with E-state index in [1.165, 1.54) is 11.8 Å². The number of nitrogens with zero attached hydrogens (tertiary/aromatic N) is 3. The second kappa shape index (κ2) is 9.56. The van der Waals surface area contributed by atoms with Crippen molar-refractivity contribution < 1.29 is 14.3 Å². The van der Waals surface area contributed by atoms with Crippen molar-refractivity contribution >= 4 is 34.4 Å². The number of hydrogen-bond acceptors (Lipinski definition) is 6. The lowest BCUT2D eigenvalue weighted by Crippen LogP contribution is -2.28. The predicted octanol–water partition coefficient (Wildman–Crippen LogP) is 3.04. The summed E-state index contributed by atoms with van der Waals surface area (Å²) in [7, 11) is 1.77. The lowest BCUT2D eigenvalue weighted by atomic mass is 10.00. The van der Waals surface area contributed by atoms with Crippen molar-refractivity contribution in [3.63, 3.8) is 0 Å². The number of aromatic nitrogens is 3. The third kappa shape index (κ3) is 5.14. The average molecular weight is 413 g/mol. The molecule has 152 valence electrons. The molecule has 2 aromatic carbocycles. The highest BCUT2D eigenvalue weighted by molar-refractivity contribution is 7.99. The molecule has 0 saturated heterocycles. The maximum Gasteiger partial charge on any atom is 0.313 e. The number of rotatable bonds is 8. The molecule has 7 nitrogen and oxygen atoms in total. The summed E-state index contributed by atoms with van der Waals surface area (Å²) in [5, 5.41) is 14.0. The Balaban J connectivity index is 1.59. The van der Waals surface area contributed by atoms with E-state index in [0.29, 0.717) is 17.6 Å². The van der Waals surface area contributed by atoms with Crippen molar-refractivity contribution in [2.75, 3.05) is 12.4 Å². The lowest BCUT2D eigenvalue weighted by Gasteiger charge is -2.16. The molecule has 1 N–H and O–H groups in total. The van der Waals surface area contributed by atoms with Crippen LogP contribution in [0.15, 0.2) is 47.6 Å². The molecule has 0 saturated carbocycles. The summed E-state index contributed by atoms with van der Waals surface area (Å²) in [6, 6.07) is 14.1. The van der Waals surface area contributed by atoms with E-state index in [-0.39, 0.29) is 30.1 Å². The minimum absolute atomic E-state index is 0.0577. The number of nitrogens with one attached hydrogen (secondary N) is 1. The highest BCUT2D eigenvalue weighted by Gasteiger charge is 2.16. The molecule has 0 spiro atoms.